The second kappa shape index (κ2) is 6.04. The summed E-state index contributed by atoms with van der Waals surface area (Å²) in [6.45, 7) is 7.63. The second-order valence-corrected chi connectivity index (χ2v) is 7.13. The summed E-state index contributed by atoms with van der Waals surface area (Å²) in [5.74, 6) is 0.211. The molecule has 0 saturated heterocycles. The van der Waals surface area contributed by atoms with Gasteiger partial charge in [-0.05, 0) is 31.9 Å². The highest BCUT2D eigenvalue weighted by molar-refractivity contribution is 7.89. The van der Waals surface area contributed by atoms with Gasteiger partial charge in [0.05, 0.1) is 10.3 Å². The number of sulfonamides is 1. The van der Waals surface area contributed by atoms with Crippen molar-refractivity contribution in [1.82, 2.24) is 4.72 Å². The van der Waals surface area contributed by atoms with E-state index in [0.29, 0.717) is 0 Å². The predicted molar refractivity (Wildman–Crippen MR) is 75.4 cm³/mol. The van der Waals surface area contributed by atoms with Crippen molar-refractivity contribution in [2.45, 2.75) is 44.0 Å². The highest BCUT2D eigenvalue weighted by Gasteiger charge is 2.24. The SMILES string of the molecule is Cc1ccc(S(=O)(=O)N[C@H](C)[C@H](Cl)C(C)C)cc1. The molecule has 2 atom stereocenters. The van der Waals surface area contributed by atoms with Crippen molar-refractivity contribution >= 4 is 21.6 Å². The molecule has 0 saturated carbocycles. The molecule has 0 unspecified atom stereocenters. The van der Waals surface area contributed by atoms with Crippen LogP contribution >= 0.6 is 11.6 Å². The fourth-order valence-corrected chi connectivity index (χ4v) is 3.08. The second-order valence-electron chi connectivity index (χ2n) is 4.91. The third kappa shape index (κ3) is 3.97. The minimum Gasteiger partial charge on any atom is -0.207 e. The molecule has 0 amide bonds. The first-order valence-corrected chi connectivity index (χ1v) is 7.89. The van der Waals surface area contributed by atoms with Gasteiger partial charge in [-0.25, -0.2) is 13.1 Å². The van der Waals surface area contributed by atoms with E-state index >= 15 is 0 Å². The molecule has 1 rings (SSSR count). The number of hydrogen-bond donors (Lipinski definition) is 1. The Morgan fingerprint density at radius 1 is 1.11 bits per heavy atom. The van der Waals surface area contributed by atoms with Gasteiger partial charge in [0, 0.05) is 6.04 Å². The summed E-state index contributed by atoms with van der Waals surface area (Å²) in [7, 11) is -3.49. The topological polar surface area (TPSA) is 46.2 Å². The van der Waals surface area contributed by atoms with Crippen LogP contribution < -0.4 is 4.72 Å². The van der Waals surface area contributed by atoms with Gasteiger partial charge in [0.15, 0.2) is 0 Å². The smallest absolute Gasteiger partial charge is 0.207 e. The molecule has 0 aromatic heterocycles. The van der Waals surface area contributed by atoms with Crippen LogP contribution in [-0.2, 0) is 10.0 Å². The summed E-state index contributed by atoms with van der Waals surface area (Å²) in [5, 5.41) is -0.231. The number of hydrogen-bond acceptors (Lipinski definition) is 2. The van der Waals surface area contributed by atoms with E-state index in [1.165, 1.54) is 0 Å². The average molecular weight is 290 g/mol. The Labute approximate surface area is 115 Å². The van der Waals surface area contributed by atoms with Gasteiger partial charge in [0.25, 0.3) is 0 Å². The predicted octanol–water partition coefficient (Wildman–Crippen LogP) is 2.93. The van der Waals surface area contributed by atoms with E-state index in [2.05, 4.69) is 4.72 Å². The first-order valence-electron chi connectivity index (χ1n) is 5.97. The van der Waals surface area contributed by atoms with Crippen LogP contribution in [-0.4, -0.2) is 19.8 Å². The van der Waals surface area contributed by atoms with Crippen molar-refractivity contribution in [2.24, 2.45) is 5.92 Å². The summed E-state index contributed by atoms with van der Waals surface area (Å²) in [5.41, 5.74) is 1.03. The van der Waals surface area contributed by atoms with Crippen molar-refractivity contribution in [2.75, 3.05) is 0 Å². The zero-order valence-corrected chi connectivity index (χ0v) is 12.7. The van der Waals surface area contributed by atoms with E-state index in [-0.39, 0.29) is 22.2 Å². The minimum atomic E-state index is -3.49. The van der Waals surface area contributed by atoms with E-state index < -0.39 is 10.0 Å². The van der Waals surface area contributed by atoms with Crippen LogP contribution in [0.25, 0.3) is 0 Å². The van der Waals surface area contributed by atoms with Crippen LogP contribution in [0, 0.1) is 12.8 Å². The van der Waals surface area contributed by atoms with Gasteiger partial charge in [-0.15, -0.1) is 11.6 Å². The molecule has 0 aliphatic carbocycles. The number of halogens is 1. The number of nitrogens with one attached hydrogen (secondary N) is 1. The Kier molecular flexibility index (Phi) is 5.20. The molecule has 3 nitrogen and oxygen atoms in total. The lowest BCUT2D eigenvalue weighted by molar-refractivity contribution is 0.490. The van der Waals surface area contributed by atoms with E-state index in [1.54, 1.807) is 31.2 Å². The summed E-state index contributed by atoms with van der Waals surface area (Å²) >= 11 is 6.16. The number of benzene rings is 1. The van der Waals surface area contributed by atoms with Gasteiger partial charge < -0.3 is 0 Å². The Morgan fingerprint density at radius 3 is 2.06 bits per heavy atom. The molecule has 0 fully saturated rings. The van der Waals surface area contributed by atoms with E-state index in [9.17, 15) is 8.42 Å². The number of alkyl halides is 1. The third-order valence-electron chi connectivity index (χ3n) is 2.79. The molecule has 5 heteroatoms. The largest absolute Gasteiger partial charge is 0.240 e. The Bertz CT molecular complexity index is 482. The van der Waals surface area contributed by atoms with Crippen LogP contribution in [0.15, 0.2) is 29.2 Å². The van der Waals surface area contributed by atoms with Gasteiger partial charge in [-0.1, -0.05) is 31.5 Å². The molecular weight excluding hydrogens is 270 g/mol. The van der Waals surface area contributed by atoms with E-state index in [4.69, 9.17) is 11.6 Å². The molecule has 18 heavy (non-hydrogen) atoms. The molecule has 0 aliphatic rings. The Morgan fingerprint density at radius 2 is 1.61 bits per heavy atom. The molecule has 1 aromatic rings. The zero-order valence-electron chi connectivity index (χ0n) is 11.1. The quantitative estimate of drug-likeness (QED) is 0.847. The van der Waals surface area contributed by atoms with Crippen molar-refractivity contribution in [3.63, 3.8) is 0 Å². The fourth-order valence-electron chi connectivity index (χ4n) is 1.67. The maximum Gasteiger partial charge on any atom is 0.240 e. The lowest BCUT2D eigenvalue weighted by Gasteiger charge is -2.22. The molecule has 1 aromatic carbocycles. The van der Waals surface area contributed by atoms with Gasteiger partial charge in [0.1, 0.15) is 0 Å². The summed E-state index contributed by atoms with van der Waals surface area (Å²) in [4.78, 5) is 0.271. The molecule has 0 bridgehead atoms. The van der Waals surface area contributed by atoms with Gasteiger partial charge in [-0.2, -0.15) is 0 Å². The van der Waals surface area contributed by atoms with Crippen LogP contribution in [0.3, 0.4) is 0 Å². The molecule has 0 aliphatic heterocycles. The molecular formula is C13H20ClNO2S. The molecule has 0 radical (unpaired) electrons. The Hall–Kier alpha value is -0.580. The van der Waals surface area contributed by atoms with Crippen LogP contribution in [0.5, 0.6) is 0 Å². The van der Waals surface area contributed by atoms with Crippen molar-refractivity contribution < 1.29 is 8.42 Å². The zero-order chi connectivity index (χ0) is 13.9. The minimum absolute atomic E-state index is 0.211. The molecule has 0 spiro atoms. The highest BCUT2D eigenvalue weighted by atomic mass is 35.5. The standard InChI is InChI=1S/C13H20ClNO2S/c1-9(2)13(14)11(4)15-18(16,17)12-7-5-10(3)6-8-12/h5-9,11,13,15H,1-4H3/t11-,13-/m1/s1. The van der Waals surface area contributed by atoms with Gasteiger partial charge >= 0.3 is 0 Å². The van der Waals surface area contributed by atoms with Gasteiger partial charge in [-0.3, -0.25) is 0 Å². The van der Waals surface area contributed by atoms with Crippen LogP contribution in [0.4, 0.5) is 0 Å². The number of rotatable bonds is 5. The first kappa shape index (κ1) is 15.5. The summed E-state index contributed by atoms with van der Waals surface area (Å²) in [6.07, 6.45) is 0. The van der Waals surface area contributed by atoms with Crippen LogP contribution in [0.2, 0.25) is 0 Å². The average Bonchev–Trinajstić information content (AvgIpc) is 2.27. The van der Waals surface area contributed by atoms with Crippen molar-refractivity contribution in [1.29, 1.82) is 0 Å². The lowest BCUT2D eigenvalue weighted by atomic mass is 10.1. The molecule has 0 heterocycles. The molecule has 1 N–H and O–H groups in total. The summed E-state index contributed by atoms with van der Waals surface area (Å²) < 4.78 is 26.8. The first-order chi connectivity index (χ1) is 8.24. The van der Waals surface area contributed by atoms with Gasteiger partial charge in [0.2, 0.25) is 10.0 Å². The maximum atomic E-state index is 12.1. The number of aryl methyl sites for hydroxylation is 1. The highest BCUT2D eigenvalue weighted by Crippen LogP contribution is 2.17. The molecule has 102 valence electrons. The van der Waals surface area contributed by atoms with E-state index in [0.717, 1.165) is 5.56 Å². The van der Waals surface area contributed by atoms with Crippen molar-refractivity contribution in [3.8, 4) is 0 Å². The van der Waals surface area contributed by atoms with E-state index in [1.807, 2.05) is 20.8 Å². The summed E-state index contributed by atoms with van der Waals surface area (Å²) in [6, 6.07) is 6.45. The van der Waals surface area contributed by atoms with Crippen molar-refractivity contribution in [3.05, 3.63) is 29.8 Å². The normalized spacial score (nSPS) is 15.7. The maximum absolute atomic E-state index is 12.1. The van der Waals surface area contributed by atoms with Crippen LogP contribution in [0.1, 0.15) is 26.3 Å². The third-order valence-corrected chi connectivity index (χ3v) is 5.24. The fraction of sp³-hybridized carbons (Fsp3) is 0.538. The lowest BCUT2D eigenvalue weighted by Crippen LogP contribution is -2.40. The monoisotopic (exact) mass is 289 g/mol. The Balaban J connectivity index is 2.85.